The molecule has 1 fully saturated rings. The molecule has 3 heterocycles. The largest absolute Gasteiger partial charge is 0.383 e. The van der Waals surface area contributed by atoms with E-state index in [1.165, 1.54) is 16.8 Å². The molecule has 0 aromatic carbocycles. The maximum Gasteiger partial charge on any atom is 0.0901 e. The van der Waals surface area contributed by atoms with E-state index in [9.17, 15) is 0 Å². The maximum absolute atomic E-state index is 6.05. The van der Waals surface area contributed by atoms with Crippen LogP contribution in [0.15, 0.2) is 12.4 Å². The third-order valence-corrected chi connectivity index (χ3v) is 5.01. The predicted octanol–water partition coefficient (Wildman–Crippen LogP) is 1.75. The molecule has 0 amide bonds. The fourth-order valence-corrected chi connectivity index (χ4v) is 3.57. The van der Waals surface area contributed by atoms with Gasteiger partial charge in [-0.25, -0.2) is 0 Å². The molecule has 1 aliphatic rings. The molecule has 1 saturated heterocycles. The van der Waals surface area contributed by atoms with Gasteiger partial charge < -0.3 is 14.8 Å². The summed E-state index contributed by atoms with van der Waals surface area (Å²) < 4.78 is 15.0. The zero-order valence-corrected chi connectivity index (χ0v) is 15.7. The van der Waals surface area contributed by atoms with E-state index in [0.29, 0.717) is 12.5 Å². The summed E-state index contributed by atoms with van der Waals surface area (Å²) in [6.07, 6.45) is 5.22. The molecule has 0 unspecified atom stereocenters. The highest BCUT2D eigenvalue weighted by Crippen LogP contribution is 2.37. The van der Waals surface area contributed by atoms with Crippen molar-refractivity contribution in [3.63, 3.8) is 0 Å². The lowest BCUT2D eigenvalue weighted by atomic mass is 9.94. The molecule has 2 aromatic rings. The first kappa shape index (κ1) is 18.1. The number of nitrogens with one attached hydrogen (secondary N) is 1. The molecule has 0 spiro atoms. The summed E-state index contributed by atoms with van der Waals surface area (Å²) in [7, 11) is 3.70. The molecule has 0 aliphatic carbocycles. The van der Waals surface area contributed by atoms with E-state index >= 15 is 0 Å². The van der Waals surface area contributed by atoms with Gasteiger partial charge in [-0.3, -0.25) is 9.36 Å². The molecule has 1 aliphatic heterocycles. The minimum Gasteiger partial charge on any atom is -0.383 e. The smallest absolute Gasteiger partial charge is 0.0901 e. The molecule has 2 atom stereocenters. The first-order chi connectivity index (χ1) is 12.1. The van der Waals surface area contributed by atoms with Crippen LogP contribution in [0.3, 0.4) is 0 Å². The Labute approximate surface area is 149 Å². The quantitative estimate of drug-likeness (QED) is 0.788. The van der Waals surface area contributed by atoms with Crippen LogP contribution < -0.4 is 5.32 Å². The minimum absolute atomic E-state index is 0.144. The van der Waals surface area contributed by atoms with E-state index in [0.717, 1.165) is 38.4 Å². The van der Waals surface area contributed by atoms with Gasteiger partial charge in [-0.05, 0) is 20.3 Å². The highest BCUT2D eigenvalue weighted by Gasteiger charge is 2.33. The van der Waals surface area contributed by atoms with Gasteiger partial charge in [0, 0.05) is 62.8 Å². The topological polar surface area (TPSA) is 66.1 Å². The molecule has 3 rings (SSSR count). The van der Waals surface area contributed by atoms with Crippen molar-refractivity contribution < 1.29 is 9.47 Å². The summed E-state index contributed by atoms with van der Waals surface area (Å²) in [5.74, 6) is 0.477. The Morgan fingerprint density at radius 2 is 2.24 bits per heavy atom. The van der Waals surface area contributed by atoms with E-state index in [1.54, 1.807) is 7.11 Å². The number of rotatable bonds is 8. The van der Waals surface area contributed by atoms with Crippen molar-refractivity contribution in [2.75, 3.05) is 26.9 Å². The zero-order valence-electron chi connectivity index (χ0n) is 15.7. The first-order valence-corrected chi connectivity index (χ1v) is 8.92. The van der Waals surface area contributed by atoms with Crippen molar-refractivity contribution in [3.8, 4) is 0 Å². The second-order valence-electron chi connectivity index (χ2n) is 6.78. The van der Waals surface area contributed by atoms with Crippen LogP contribution in [0.1, 0.15) is 35.0 Å². The molecule has 25 heavy (non-hydrogen) atoms. The van der Waals surface area contributed by atoms with Gasteiger partial charge in [0.25, 0.3) is 0 Å². The van der Waals surface area contributed by atoms with Crippen LogP contribution in [-0.4, -0.2) is 46.4 Å². The molecule has 0 saturated carbocycles. The summed E-state index contributed by atoms with van der Waals surface area (Å²) in [5, 5.41) is 12.5. The van der Waals surface area contributed by atoms with E-state index in [2.05, 4.69) is 35.6 Å². The van der Waals surface area contributed by atoms with Gasteiger partial charge in [0.2, 0.25) is 0 Å². The number of ether oxygens (including phenoxy) is 2. The van der Waals surface area contributed by atoms with Crippen LogP contribution in [-0.2, 0) is 29.6 Å². The lowest BCUT2D eigenvalue weighted by Gasteiger charge is -2.19. The first-order valence-electron chi connectivity index (χ1n) is 8.92. The van der Waals surface area contributed by atoms with Crippen molar-refractivity contribution in [3.05, 3.63) is 34.9 Å². The minimum atomic E-state index is 0.144. The lowest BCUT2D eigenvalue weighted by Crippen LogP contribution is -2.25. The Morgan fingerprint density at radius 1 is 1.40 bits per heavy atom. The maximum atomic E-state index is 6.05. The van der Waals surface area contributed by atoms with Crippen molar-refractivity contribution in [2.45, 2.75) is 39.5 Å². The van der Waals surface area contributed by atoms with Crippen LogP contribution in [0.4, 0.5) is 0 Å². The van der Waals surface area contributed by atoms with Crippen molar-refractivity contribution >= 4 is 0 Å². The number of aromatic nitrogens is 4. The van der Waals surface area contributed by atoms with Gasteiger partial charge in [-0.1, -0.05) is 0 Å². The molecule has 0 bridgehead atoms. The van der Waals surface area contributed by atoms with E-state index in [1.807, 2.05) is 22.6 Å². The molecular formula is C18H29N5O2. The second kappa shape index (κ2) is 8.12. The molecule has 138 valence electrons. The number of aryl methyl sites for hydroxylation is 2. The Balaban J connectivity index is 1.54. The Hall–Kier alpha value is -1.70. The van der Waals surface area contributed by atoms with E-state index in [-0.39, 0.29) is 6.10 Å². The monoisotopic (exact) mass is 347 g/mol. The average Bonchev–Trinajstić information content (AvgIpc) is 3.28. The number of nitrogens with zero attached hydrogens (tertiary/aromatic N) is 4. The van der Waals surface area contributed by atoms with Gasteiger partial charge in [0.1, 0.15) is 0 Å². The van der Waals surface area contributed by atoms with Crippen LogP contribution in [0.5, 0.6) is 0 Å². The summed E-state index contributed by atoms with van der Waals surface area (Å²) in [5.41, 5.74) is 4.74. The normalized spacial score (nSPS) is 20.5. The van der Waals surface area contributed by atoms with Crippen LogP contribution in [0, 0.1) is 19.8 Å². The highest BCUT2D eigenvalue weighted by molar-refractivity contribution is 5.28. The van der Waals surface area contributed by atoms with Gasteiger partial charge in [0.05, 0.1) is 31.1 Å². The standard InChI is InChI=1S/C18H29N5O2/c1-13-17(14(2)22(3)21-13)18-16(5-7-25-18)11-19-9-15-10-20-23(12-15)6-8-24-4/h10,12,16,18-19H,5-9,11H2,1-4H3/t16-,18-/m0/s1. The average molecular weight is 347 g/mol. The lowest BCUT2D eigenvalue weighted by molar-refractivity contribution is 0.0893. The van der Waals surface area contributed by atoms with Crippen molar-refractivity contribution in [1.29, 1.82) is 0 Å². The Kier molecular flexibility index (Phi) is 5.88. The molecular weight excluding hydrogens is 318 g/mol. The molecule has 7 heteroatoms. The van der Waals surface area contributed by atoms with Crippen molar-refractivity contribution in [2.24, 2.45) is 13.0 Å². The fraction of sp³-hybridized carbons (Fsp3) is 0.667. The molecule has 0 radical (unpaired) electrons. The van der Waals surface area contributed by atoms with E-state index < -0.39 is 0 Å². The van der Waals surface area contributed by atoms with Crippen LogP contribution in [0.2, 0.25) is 0 Å². The summed E-state index contributed by atoms with van der Waals surface area (Å²) in [6, 6.07) is 0. The second-order valence-corrected chi connectivity index (χ2v) is 6.78. The Morgan fingerprint density at radius 3 is 2.96 bits per heavy atom. The third-order valence-electron chi connectivity index (χ3n) is 5.01. The summed E-state index contributed by atoms with van der Waals surface area (Å²) >= 11 is 0. The van der Waals surface area contributed by atoms with Crippen molar-refractivity contribution in [1.82, 2.24) is 24.9 Å². The summed E-state index contributed by atoms with van der Waals surface area (Å²) in [6.45, 7) is 8.23. The zero-order chi connectivity index (χ0) is 17.8. The van der Waals surface area contributed by atoms with E-state index in [4.69, 9.17) is 9.47 Å². The van der Waals surface area contributed by atoms with Gasteiger partial charge >= 0.3 is 0 Å². The highest BCUT2D eigenvalue weighted by atomic mass is 16.5. The van der Waals surface area contributed by atoms with Gasteiger partial charge in [-0.15, -0.1) is 0 Å². The van der Waals surface area contributed by atoms with Crippen LogP contribution >= 0.6 is 0 Å². The fourth-order valence-electron chi connectivity index (χ4n) is 3.57. The van der Waals surface area contributed by atoms with Gasteiger partial charge in [-0.2, -0.15) is 10.2 Å². The number of hydrogen-bond acceptors (Lipinski definition) is 5. The number of hydrogen-bond donors (Lipinski definition) is 1. The summed E-state index contributed by atoms with van der Waals surface area (Å²) in [4.78, 5) is 0. The Bertz CT molecular complexity index is 694. The SMILES string of the molecule is COCCn1cc(CNC[C@@H]2CCO[C@@H]2c2c(C)nn(C)c2C)cn1. The third kappa shape index (κ3) is 4.11. The van der Waals surface area contributed by atoms with Crippen LogP contribution in [0.25, 0.3) is 0 Å². The van der Waals surface area contributed by atoms with Gasteiger partial charge in [0.15, 0.2) is 0 Å². The molecule has 2 aromatic heterocycles. The molecule has 7 nitrogen and oxygen atoms in total. The number of methoxy groups -OCH3 is 1. The molecule has 1 N–H and O–H groups in total. The predicted molar refractivity (Wildman–Crippen MR) is 95.3 cm³/mol.